The fraction of sp³-hybridized carbons (Fsp3) is 0.929. The minimum Gasteiger partial charge on any atom is -0.356 e. The van der Waals surface area contributed by atoms with Gasteiger partial charge in [-0.15, -0.1) is 0 Å². The van der Waals surface area contributed by atoms with E-state index in [0.29, 0.717) is 5.41 Å². The van der Waals surface area contributed by atoms with Gasteiger partial charge in [-0.2, -0.15) is 0 Å². The Hall–Kier alpha value is -0.730. The second-order valence-electron chi connectivity index (χ2n) is 6.40. The number of aliphatic imine (C=N–C) groups is 1. The van der Waals surface area contributed by atoms with E-state index in [-0.39, 0.29) is 0 Å². The lowest BCUT2D eigenvalue weighted by Gasteiger charge is -2.29. The second kappa shape index (κ2) is 5.74. The molecule has 2 rings (SSSR count). The molecular formula is C14H27N3. The first-order valence-corrected chi connectivity index (χ1v) is 7.18. The van der Waals surface area contributed by atoms with E-state index in [1.165, 1.54) is 38.5 Å². The zero-order valence-electron chi connectivity index (χ0n) is 11.4. The number of hydrogen-bond donors (Lipinski definition) is 2. The molecule has 0 amide bonds. The molecule has 0 aromatic rings. The molecule has 0 aromatic carbocycles. The predicted molar refractivity (Wildman–Crippen MR) is 73.3 cm³/mol. The standard InChI is InChI=1S/C14H27N3/c1-14(2)10-16-13(17-11-14)15-9-8-12-6-4-3-5-7-12/h12H,3-11H2,1-2H3,(H2,15,16,17). The molecule has 3 nitrogen and oxygen atoms in total. The van der Waals surface area contributed by atoms with Crippen molar-refractivity contribution in [3.8, 4) is 0 Å². The highest BCUT2D eigenvalue weighted by molar-refractivity contribution is 5.80. The smallest absolute Gasteiger partial charge is 0.191 e. The molecule has 1 heterocycles. The van der Waals surface area contributed by atoms with Crippen molar-refractivity contribution in [1.82, 2.24) is 10.6 Å². The molecule has 98 valence electrons. The van der Waals surface area contributed by atoms with Gasteiger partial charge in [0.15, 0.2) is 5.96 Å². The van der Waals surface area contributed by atoms with Crippen LogP contribution in [-0.4, -0.2) is 25.6 Å². The van der Waals surface area contributed by atoms with Crippen molar-refractivity contribution in [2.75, 3.05) is 19.6 Å². The molecule has 0 radical (unpaired) electrons. The van der Waals surface area contributed by atoms with Crippen LogP contribution in [0, 0.1) is 11.3 Å². The Morgan fingerprint density at radius 3 is 2.71 bits per heavy atom. The maximum atomic E-state index is 4.56. The van der Waals surface area contributed by atoms with E-state index >= 15 is 0 Å². The van der Waals surface area contributed by atoms with Gasteiger partial charge in [0.25, 0.3) is 0 Å². The monoisotopic (exact) mass is 237 g/mol. The van der Waals surface area contributed by atoms with Crippen molar-refractivity contribution in [1.29, 1.82) is 0 Å². The molecule has 0 bridgehead atoms. The summed E-state index contributed by atoms with van der Waals surface area (Å²) in [6.07, 6.45) is 8.52. The van der Waals surface area contributed by atoms with Crippen LogP contribution in [0.3, 0.4) is 0 Å². The summed E-state index contributed by atoms with van der Waals surface area (Å²) in [5.41, 5.74) is 0.314. The number of guanidine groups is 1. The van der Waals surface area contributed by atoms with Crippen molar-refractivity contribution < 1.29 is 0 Å². The molecule has 1 aliphatic heterocycles. The molecule has 1 saturated carbocycles. The topological polar surface area (TPSA) is 36.4 Å². The van der Waals surface area contributed by atoms with Gasteiger partial charge in [-0.05, 0) is 12.3 Å². The first-order valence-electron chi connectivity index (χ1n) is 7.18. The maximum absolute atomic E-state index is 4.56. The highest BCUT2D eigenvalue weighted by Crippen LogP contribution is 2.25. The molecule has 17 heavy (non-hydrogen) atoms. The Morgan fingerprint density at radius 1 is 1.29 bits per heavy atom. The molecule has 0 unspecified atom stereocenters. The summed E-state index contributed by atoms with van der Waals surface area (Å²) in [5.74, 6) is 1.97. The van der Waals surface area contributed by atoms with Crippen molar-refractivity contribution >= 4 is 5.96 Å². The highest BCUT2D eigenvalue weighted by Gasteiger charge is 2.22. The summed E-state index contributed by atoms with van der Waals surface area (Å²) in [6.45, 7) is 7.55. The van der Waals surface area contributed by atoms with Gasteiger partial charge in [0, 0.05) is 25.0 Å². The van der Waals surface area contributed by atoms with E-state index in [1.807, 2.05) is 0 Å². The SMILES string of the molecule is CC1(C)CN=C(NCCC2CCCCC2)NC1. The number of hydrogen-bond acceptors (Lipinski definition) is 3. The van der Waals surface area contributed by atoms with Crippen LogP contribution in [0.1, 0.15) is 52.4 Å². The van der Waals surface area contributed by atoms with Gasteiger partial charge in [-0.3, -0.25) is 4.99 Å². The van der Waals surface area contributed by atoms with Gasteiger partial charge in [-0.25, -0.2) is 0 Å². The molecular weight excluding hydrogens is 210 g/mol. The van der Waals surface area contributed by atoms with Gasteiger partial charge < -0.3 is 10.6 Å². The number of nitrogens with zero attached hydrogens (tertiary/aromatic N) is 1. The van der Waals surface area contributed by atoms with E-state index in [9.17, 15) is 0 Å². The molecule has 3 heteroatoms. The lowest BCUT2D eigenvalue weighted by Crippen LogP contribution is -2.47. The predicted octanol–water partition coefficient (Wildman–Crippen LogP) is 2.53. The van der Waals surface area contributed by atoms with Crippen LogP contribution in [0.2, 0.25) is 0 Å². The van der Waals surface area contributed by atoms with Crippen LogP contribution in [0.15, 0.2) is 4.99 Å². The van der Waals surface area contributed by atoms with Crippen molar-refractivity contribution in [3.63, 3.8) is 0 Å². The summed E-state index contributed by atoms with van der Waals surface area (Å²) in [6, 6.07) is 0. The lowest BCUT2D eigenvalue weighted by atomic mass is 9.87. The van der Waals surface area contributed by atoms with Crippen molar-refractivity contribution in [2.45, 2.75) is 52.4 Å². The summed E-state index contributed by atoms with van der Waals surface area (Å²) in [4.78, 5) is 4.56. The third-order valence-corrected chi connectivity index (χ3v) is 3.97. The Bertz CT molecular complexity index is 265. The van der Waals surface area contributed by atoms with Crippen molar-refractivity contribution in [3.05, 3.63) is 0 Å². The minimum absolute atomic E-state index is 0.314. The van der Waals surface area contributed by atoms with Crippen LogP contribution in [0.4, 0.5) is 0 Å². The van der Waals surface area contributed by atoms with Gasteiger partial charge in [0.2, 0.25) is 0 Å². The van der Waals surface area contributed by atoms with Crippen LogP contribution < -0.4 is 10.6 Å². The Labute approximate surface area is 105 Å². The fourth-order valence-electron chi connectivity index (χ4n) is 2.72. The summed E-state index contributed by atoms with van der Waals surface area (Å²) in [7, 11) is 0. The highest BCUT2D eigenvalue weighted by atomic mass is 15.2. The van der Waals surface area contributed by atoms with Crippen LogP contribution in [0.25, 0.3) is 0 Å². The third kappa shape index (κ3) is 4.21. The normalized spacial score (nSPS) is 24.9. The summed E-state index contributed by atoms with van der Waals surface area (Å²) in [5, 5.41) is 6.83. The van der Waals surface area contributed by atoms with E-state index in [4.69, 9.17) is 0 Å². The largest absolute Gasteiger partial charge is 0.356 e. The molecule has 0 atom stereocenters. The van der Waals surface area contributed by atoms with Gasteiger partial charge in [0.1, 0.15) is 0 Å². The molecule has 0 saturated heterocycles. The average molecular weight is 237 g/mol. The van der Waals surface area contributed by atoms with Crippen LogP contribution in [-0.2, 0) is 0 Å². The van der Waals surface area contributed by atoms with Crippen LogP contribution in [0.5, 0.6) is 0 Å². The summed E-state index contributed by atoms with van der Waals surface area (Å²) >= 11 is 0. The Kier molecular flexibility index (Phi) is 4.30. The second-order valence-corrected chi connectivity index (χ2v) is 6.40. The van der Waals surface area contributed by atoms with E-state index in [0.717, 1.165) is 31.5 Å². The summed E-state index contributed by atoms with van der Waals surface area (Å²) < 4.78 is 0. The van der Waals surface area contributed by atoms with Gasteiger partial charge >= 0.3 is 0 Å². The van der Waals surface area contributed by atoms with Crippen molar-refractivity contribution in [2.24, 2.45) is 16.3 Å². The zero-order chi connectivity index (χ0) is 12.1. The maximum Gasteiger partial charge on any atom is 0.191 e. The molecule has 1 fully saturated rings. The minimum atomic E-state index is 0.314. The van der Waals surface area contributed by atoms with Gasteiger partial charge in [0.05, 0.1) is 0 Å². The molecule has 0 spiro atoms. The van der Waals surface area contributed by atoms with E-state index in [2.05, 4.69) is 29.5 Å². The number of rotatable bonds is 3. The average Bonchev–Trinajstić information content (AvgIpc) is 2.33. The van der Waals surface area contributed by atoms with E-state index < -0.39 is 0 Å². The molecule has 0 aromatic heterocycles. The first-order chi connectivity index (χ1) is 8.16. The number of nitrogens with one attached hydrogen (secondary N) is 2. The third-order valence-electron chi connectivity index (χ3n) is 3.97. The quantitative estimate of drug-likeness (QED) is 0.791. The van der Waals surface area contributed by atoms with E-state index in [1.54, 1.807) is 0 Å². The van der Waals surface area contributed by atoms with Gasteiger partial charge in [-0.1, -0.05) is 46.0 Å². The fourth-order valence-corrected chi connectivity index (χ4v) is 2.72. The molecule has 2 N–H and O–H groups in total. The lowest BCUT2D eigenvalue weighted by molar-refractivity contribution is 0.335. The zero-order valence-corrected chi connectivity index (χ0v) is 11.4. The first kappa shape index (κ1) is 12.7. The molecule has 1 aliphatic carbocycles. The molecule has 2 aliphatic rings. The van der Waals surface area contributed by atoms with Crippen LogP contribution >= 0.6 is 0 Å². The Morgan fingerprint density at radius 2 is 2.06 bits per heavy atom. The Balaban J connectivity index is 1.63.